The number of aromatic nitrogens is 1. The lowest BCUT2D eigenvalue weighted by atomic mass is 10.3. The number of carbonyl (C=O) groups is 2. The molecule has 2 rings (SSSR count). The summed E-state index contributed by atoms with van der Waals surface area (Å²) in [4.78, 5) is 26.1. The van der Waals surface area contributed by atoms with Crippen LogP contribution >= 0.6 is 27.3 Å². The second-order valence-electron chi connectivity index (χ2n) is 3.57. The van der Waals surface area contributed by atoms with Crippen molar-refractivity contribution in [1.29, 1.82) is 0 Å². The molecule has 0 saturated heterocycles. The van der Waals surface area contributed by atoms with Crippen molar-refractivity contribution in [3.63, 3.8) is 0 Å². The molecule has 2 N–H and O–H groups in total. The van der Waals surface area contributed by atoms with Crippen LogP contribution in [-0.2, 0) is 16.0 Å². The number of benzene rings is 1. The van der Waals surface area contributed by atoms with Crippen LogP contribution in [0.4, 0.5) is 0 Å². The third kappa shape index (κ3) is 3.27. The predicted octanol–water partition coefficient (Wildman–Crippen LogP) is 1.80. The molecule has 0 atom stereocenters. The Bertz CT molecular complexity index is 611. The van der Waals surface area contributed by atoms with E-state index in [0.717, 1.165) is 14.7 Å². The Balaban J connectivity index is 2.07. The Labute approximate surface area is 115 Å². The minimum Gasteiger partial charge on any atom is -0.480 e. The average Bonchev–Trinajstić information content (AvgIpc) is 2.67. The molecule has 5 nitrogen and oxygen atoms in total. The summed E-state index contributed by atoms with van der Waals surface area (Å²) in [6, 6.07) is 5.69. The number of carboxylic acids is 1. The van der Waals surface area contributed by atoms with Crippen molar-refractivity contribution in [2.45, 2.75) is 6.42 Å². The molecule has 0 aliphatic carbocycles. The molecule has 0 fully saturated rings. The molecule has 0 bridgehead atoms. The molecule has 2 aromatic rings. The molecule has 0 saturated carbocycles. The van der Waals surface area contributed by atoms with E-state index in [9.17, 15) is 9.59 Å². The van der Waals surface area contributed by atoms with Crippen LogP contribution in [0.1, 0.15) is 5.01 Å². The fourth-order valence-corrected chi connectivity index (χ4v) is 2.91. The molecule has 94 valence electrons. The van der Waals surface area contributed by atoms with Crippen LogP contribution in [0, 0.1) is 0 Å². The van der Waals surface area contributed by atoms with Crippen LogP contribution < -0.4 is 5.32 Å². The number of amides is 1. The van der Waals surface area contributed by atoms with Crippen molar-refractivity contribution in [3.05, 3.63) is 27.7 Å². The summed E-state index contributed by atoms with van der Waals surface area (Å²) in [7, 11) is 0. The first-order valence-electron chi connectivity index (χ1n) is 5.08. The number of aliphatic carboxylic acids is 1. The van der Waals surface area contributed by atoms with Gasteiger partial charge in [-0.1, -0.05) is 15.9 Å². The number of halogens is 1. The maximum atomic E-state index is 11.4. The number of hydrogen-bond donors (Lipinski definition) is 2. The highest BCUT2D eigenvalue weighted by Gasteiger charge is 2.10. The Hall–Kier alpha value is -1.47. The minimum atomic E-state index is -1.06. The van der Waals surface area contributed by atoms with Gasteiger partial charge in [-0.2, -0.15) is 0 Å². The van der Waals surface area contributed by atoms with Crippen molar-refractivity contribution in [2.24, 2.45) is 0 Å². The van der Waals surface area contributed by atoms with E-state index >= 15 is 0 Å². The number of fused-ring (bicyclic) bond motifs is 1. The molecule has 0 radical (unpaired) electrons. The smallest absolute Gasteiger partial charge is 0.322 e. The Morgan fingerprint density at radius 1 is 1.44 bits per heavy atom. The van der Waals surface area contributed by atoms with E-state index in [2.05, 4.69) is 26.2 Å². The Kier molecular flexibility index (Phi) is 3.93. The molecule has 0 unspecified atom stereocenters. The number of nitrogens with one attached hydrogen (secondary N) is 1. The third-order valence-corrected chi connectivity index (χ3v) is 3.65. The van der Waals surface area contributed by atoms with E-state index < -0.39 is 5.97 Å². The SMILES string of the molecule is O=C(O)CNC(=O)Cc1nc2ccc(Br)cc2s1. The van der Waals surface area contributed by atoms with Gasteiger partial charge >= 0.3 is 5.97 Å². The zero-order valence-corrected chi connectivity index (χ0v) is 11.5. The first kappa shape index (κ1) is 13.0. The summed E-state index contributed by atoms with van der Waals surface area (Å²) in [6.07, 6.45) is 0.101. The number of carboxylic acid groups (broad SMARTS) is 1. The number of carbonyl (C=O) groups excluding carboxylic acids is 1. The van der Waals surface area contributed by atoms with Gasteiger partial charge in [0, 0.05) is 4.47 Å². The van der Waals surface area contributed by atoms with Gasteiger partial charge in [0.15, 0.2) is 0 Å². The lowest BCUT2D eigenvalue weighted by molar-refractivity contribution is -0.137. The van der Waals surface area contributed by atoms with E-state index in [4.69, 9.17) is 5.11 Å². The molecule has 1 heterocycles. The van der Waals surface area contributed by atoms with Crippen molar-refractivity contribution in [1.82, 2.24) is 10.3 Å². The van der Waals surface area contributed by atoms with Crippen LogP contribution in [0.2, 0.25) is 0 Å². The lowest BCUT2D eigenvalue weighted by Crippen LogP contribution is -2.30. The average molecular weight is 329 g/mol. The number of nitrogens with zero attached hydrogens (tertiary/aromatic N) is 1. The summed E-state index contributed by atoms with van der Waals surface area (Å²) in [5.74, 6) is -1.40. The van der Waals surface area contributed by atoms with Crippen LogP contribution in [-0.4, -0.2) is 28.5 Å². The van der Waals surface area contributed by atoms with Crippen molar-refractivity contribution in [3.8, 4) is 0 Å². The first-order valence-corrected chi connectivity index (χ1v) is 6.69. The van der Waals surface area contributed by atoms with E-state index in [1.807, 2.05) is 18.2 Å². The Morgan fingerprint density at radius 3 is 2.94 bits per heavy atom. The fraction of sp³-hybridized carbons (Fsp3) is 0.182. The van der Waals surface area contributed by atoms with Crippen LogP contribution in [0.25, 0.3) is 10.2 Å². The maximum absolute atomic E-state index is 11.4. The van der Waals surface area contributed by atoms with Gasteiger partial charge in [0.1, 0.15) is 11.6 Å². The van der Waals surface area contributed by atoms with Gasteiger partial charge in [-0.05, 0) is 18.2 Å². The molecule has 1 aromatic heterocycles. The van der Waals surface area contributed by atoms with Gasteiger partial charge in [-0.15, -0.1) is 11.3 Å². The second kappa shape index (κ2) is 5.45. The normalized spacial score (nSPS) is 10.5. The molecule has 1 amide bonds. The molecule has 0 aliphatic rings. The number of hydrogen-bond acceptors (Lipinski definition) is 4. The lowest BCUT2D eigenvalue weighted by Gasteiger charge is -1.98. The molecule has 0 aliphatic heterocycles. The first-order chi connectivity index (χ1) is 8.54. The zero-order chi connectivity index (χ0) is 13.1. The van der Waals surface area contributed by atoms with E-state index in [1.54, 1.807) is 0 Å². The molecule has 0 spiro atoms. The van der Waals surface area contributed by atoms with Crippen LogP contribution in [0.5, 0.6) is 0 Å². The second-order valence-corrected chi connectivity index (χ2v) is 5.60. The summed E-state index contributed by atoms with van der Waals surface area (Å²) in [5.41, 5.74) is 0.837. The van der Waals surface area contributed by atoms with Gasteiger partial charge in [0.2, 0.25) is 5.91 Å². The molecule has 1 aromatic carbocycles. The summed E-state index contributed by atoms with van der Waals surface area (Å²) < 4.78 is 1.95. The van der Waals surface area contributed by atoms with Crippen LogP contribution in [0.3, 0.4) is 0 Å². The highest BCUT2D eigenvalue weighted by Crippen LogP contribution is 2.25. The number of thiazole rings is 1. The quantitative estimate of drug-likeness (QED) is 0.896. The minimum absolute atomic E-state index is 0.101. The third-order valence-electron chi connectivity index (χ3n) is 2.14. The van der Waals surface area contributed by atoms with Crippen molar-refractivity contribution >= 4 is 49.4 Å². The highest BCUT2D eigenvalue weighted by atomic mass is 79.9. The van der Waals surface area contributed by atoms with E-state index in [0.29, 0.717) is 5.01 Å². The van der Waals surface area contributed by atoms with Gasteiger partial charge in [-0.25, -0.2) is 4.98 Å². The van der Waals surface area contributed by atoms with E-state index in [1.165, 1.54) is 11.3 Å². The maximum Gasteiger partial charge on any atom is 0.322 e. The summed E-state index contributed by atoms with van der Waals surface area (Å²) in [6.45, 7) is -0.366. The van der Waals surface area contributed by atoms with Crippen LogP contribution in [0.15, 0.2) is 22.7 Å². The number of rotatable bonds is 4. The predicted molar refractivity (Wildman–Crippen MR) is 71.7 cm³/mol. The molecule has 7 heteroatoms. The van der Waals surface area contributed by atoms with Crippen molar-refractivity contribution in [2.75, 3.05) is 6.54 Å². The molecular weight excluding hydrogens is 320 g/mol. The van der Waals surface area contributed by atoms with Gasteiger partial charge in [-0.3, -0.25) is 9.59 Å². The largest absolute Gasteiger partial charge is 0.480 e. The molecular formula is C11H9BrN2O3S. The van der Waals surface area contributed by atoms with Gasteiger partial charge < -0.3 is 10.4 Å². The highest BCUT2D eigenvalue weighted by molar-refractivity contribution is 9.10. The summed E-state index contributed by atoms with van der Waals surface area (Å²) in [5, 5.41) is 11.4. The monoisotopic (exact) mass is 328 g/mol. The van der Waals surface area contributed by atoms with Gasteiger partial charge in [0.05, 0.1) is 16.6 Å². The standard InChI is InChI=1S/C11H9BrN2O3S/c12-6-1-2-7-8(3-6)18-10(14-7)4-9(15)13-5-11(16)17/h1-3H,4-5H2,(H,13,15)(H,16,17). The Morgan fingerprint density at radius 2 is 2.22 bits per heavy atom. The molecule has 18 heavy (non-hydrogen) atoms. The van der Waals surface area contributed by atoms with Gasteiger partial charge in [0.25, 0.3) is 0 Å². The fourth-order valence-electron chi connectivity index (χ4n) is 1.40. The van der Waals surface area contributed by atoms with E-state index in [-0.39, 0.29) is 18.9 Å². The zero-order valence-electron chi connectivity index (χ0n) is 9.14. The summed E-state index contributed by atoms with van der Waals surface area (Å²) >= 11 is 4.79. The van der Waals surface area contributed by atoms with Crippen molar-refractivity contribution < 1.29 is 14.7 Å². The topological polar surface area (TPSA) is 79.3 Å².